The van der Waals surface area contributed by atoms with E-state index in [2.05, 4.69) is 12.2 Å². The molecule has 1 fully saturated rings. The fraction of sp³-hybridized carbons (Fsp3) is 0.500. The molecule has 1 amide bonds. The first-order valence-electron chi connectivity index (χ1n) is 6.70. The van der Waals surface area contributed by atoms with E-state index in [4.69, 9.17) is 4.74 Å². The van der Waals surface area contributed by atoms with Crippen molar-refractivity contribution in [3.05, 3.63) is 29.8 Å². The van der Waals surface area contributed by atoms with Crippen molar-refractivity contribution in [1.82, 2.24) is 5.32 Å². The van der Waals surface area contributed by atoms with Crippen molar-refractivity contribution < 1.29 is 17.9 Å². The number of carbonyl (C=O) groups excluding carboxylic acids is 1. The summed E-state index contributed by atoms with van der Waals surface area (Å²) >= 11 is 0. The molecule has 5 nitrogen and oxygen atoms in total. The van der Waals surface area contributed by atoms with Gasteiger partial charge in [-0.25, -0.2) is 8.42 Å². The summed E-state index contributed by atoms with van der Waals surface area (Å²) in [7, 11) is -2.97. The number of rotatable bonds is 5. The van der Waals surface area contributed by atoms with Gasteiger partial charge in [0.1, 0.15) is 5.75 Å². The Hall–Kier alpha value is -1.56. The Kier molecular flexibility index (Phi) is 4.65. The number of carbonyl (C=O) groups is 1. The van der Waals surface area contributed by atoms with Crippen LogP contribution in [0.4, 0.5) is 0 Å². The van der Waals surface area contributed by atoms with E-state index in [1.807, 2.05) is 24.3 Å². The maximum atomic E-state index is 11.7. The lowest BCUT2D eigenvalue weighted by molar-refractivity contribution is -0.123. The molecule has 0 spiro atoms. The summed E-state index contributed by atoms with van der Waals surface area (Å²) in [6, 6.07) is 7.28. The number of ether oxygens (including phenoxy) is 1. The highest BCUT2D eigenvalue weighted by Crippen LogP contribution is 2.13. The minimum atomic E-state index is -2.97. The van der Waals surface area contributed by atoms with Crippen LogP contribution in [0.25, 0.3) is 0 Å². The van der Waals surface area contributed by atoms with Gasteiger partial charge >= 0.3 is 0 Å². The van der Waals surface area contributed by atoms with Crippen LogP contribution < -0.4 is 10.1 Å². The van der Waals surface area contributed by atoms with Crippen LogP contribution in [0.15, 0.2) is 24.3 Å². The zero-order chi connectivity index (χ0) is 14.6. The summed E-state index contributed by atoms with van der Waals surface area (Å²) in [5.74, 6) is 0.532. The first-order valence-corrected chi connectivity index (χ1v) is 8.52. The third-order valence-electron chi connectivity index (χ3n) is 3.30. The van der Waals surface area contributed by atoms with Crippen LogP contribution in [0.1, 0.15) is 18.9 Å². The molecule has 0 radical (unpaired) electrons. The first kappa shape index (κ1) is 14.8. The van der Waals surface area contributed by atoms with Gasteiger partial charge in [-0.3, -0.25) is 4.79 Å². The van der Waals surface area contributed by atoms with Crippen molar-refractivity contribution in [1.29, 1.82) is 0 Å². The number of amides is 1. The lowest BCUT2D eigenvalue weighted by atomic mass is 10.2. The van der Waals surface area contributed by atoms with Crippen LogP contribution in [0, 0.1) is 0 Å². The topological polar surface area (TPSA) is 72.5 Å². The summed E-state index contributed by atoms with van der Waals surface area (Å²) in [5.41, 5.74) is 1.21. The van der Waals surface area contributed by atoms with Gasteiger partial charge in [-0.2, -0.15) is 0 Å². The molecular weight excluding hydrogens is 278 g/mol. The van der Waals surface area contributed by atoms with Gasteiger partial charge in [0.25, 0.3) is 5.91 Å². The van der Waals surface area contributed by atoms with E-state index in [9.17, 15) is 13.2 Å². The lowest BCUT2D eigenvalue weighted by Crippen LogP contribution is -2.38. The molecular formula is C14H19NO4S. The maximum absolute atomic E-state index is 11.7. The van der Waals surface area contributed by atoms with Crippen LogP contribution >= 0.6 is 0 Å². The standard InChI is InChI=1S/C14H19NO4S/c1-2-11-3-5-13(6-4-11)19-9-14(16)15-12-7-8-20(17,18)10-12/h3-6,12H,2,7-10H2,1H3,(H,15,16). The average molecular weight is 297 g/mol. The predicted octanol–water partition coefficient (Wildman–Crippen LogP) is 0.931. The van der Waals surface area contributed by atoms with Gasteiger partial charge in [0.05, 0.1) is 11.5 Å². The fourth-order valence-electron chi connectivity index (χ4n) is 2.15. The van der Waals surface area contributed by atoms with E-state index >= 15 is 0 Å². The van der Waals surface area contributed by atoms with Gasteiger partial charge < -0.3 is 10.1 Å². The normalized spacial score (nSPS) is 20.6. The molecule has 1 saturated heterocycles. The number of sulfone groups is 1. The average Bonchev–Trinajstić information content (AvgIpc) is 2.76. The third kappa shape index (κ3) is 4.23. The van der Waals surface area contributed by atoms with E-state index < -0.39 is 9.84 Å². The second kappa shape index (κ2) is 6.26. The Labute approximate surface area is 119 Å². The van der Waals surface area contributed by atoms with E-state index in [1.54, 1.807) is 0 Å². The van der Waals surface area contributed by atoms with Crippen molar-refractivity contribution in [3.8, 4) is 5.75 Å². The van der Waals surface area contributed by atoms with E-state index in [-0.39, 0.29) is 30.1 Å². The van der Waals surface area contributed by atoms with Gasteiger partial charge in [0, 0.05) is 6.04 Å². The molecule has 1 aromatic carbocycles. The van der Waals surface area contributed by atoms with Gasteiger partial charge in [-0.15, -0.1) is 0 Å². The molecule has 2 rings (SSSR count). The van der Waals surface area contributed by atoms with Gasteiger partial charge in [0.2, 0.25) is 0 Å². The van der Waals surface area contributed by atoms with Gasteiger partial charge in [-0.05, 0) is 30.5 Å². The second-order valence-electron chi connectivity index (χ2n) is 4.95. The van der Waals surface area contributed by atoms with Crippen LogP contribution in [0.3, 0.4) is 0 Å². The second-order valence-corrected chi connectivity index (χ2v) is 7.18. The minimum absolute atomic E-state index is 0.0317. The summed E-state index contributed by atoms with van der Waals surface area (Å²) in [6.45, 7) is 1.97. The van der Waals surface area contributed by atoms with Gasteiger partial charge in [0.15, 0.2) is 16.4 Å². The van der Waals surface area contributed by atoms with Crippen molar-refractivity contribution in [2.75, 3.05) is 18.1 Å². The molecule has 1 atom stereocenters. The van der Waals surface area contributed by atoms with Crippen molar-refractivity contribution in [3.63, 3.8) is 0 Å². The summed E-state index contributed by atoms with van der Waals surface area (Å²) in [4.78, 5) is 11.7. The summed E-state index contributed by atoms with van der Waals surface area (Å²) in [5, 5.41) is 2.68. The number of nitrogens with one attached hydrogen (secondary N) is 1. The van der Waals surface area contributed by atoms with Gasteiger partial charge in [-0.1, -0.05) is 19.1 Å². The molecule has 1 aliphatic rings. The summed E-state index contributed by atoms with van der Waals surface area (Å²) in [6.07, 6.45) is 1.44. The van der Waals surface area contributed by atoms with Crippen LogP contribution in [0.2, 0.25) is 0 Å². The zero-order valence-electron chi connectivity index (χ0n) is 11.5. The molecule has 20 heavy (non-hydrogen) atoms. The van der Waals surface area contributed by atoms with Crippen LogP contribution in [-0.4, -0.2) is 38.5 Å². The molecule has 0 aromatic heterocycles. The quantitative estimate of drug-likeness (QED) is 0.877. The molecule has 0 bridgehead atoms. The molecule has 1 heterocycles. The predicted molar refractivity (Wildman–Crippen MR) is 76.5 cm³/mol. The number of aryl methyl sites for hydroxylation is 1. The Balaban J connectivity index is 1.77. The molecule has 1 unspecified atom stereocenters. The molecule has 1 aliphatic heterocycles. The Morgan fingerprint density at radius 3 is 2.60 bits per heavy atom. The molecule has 110 valence electrons. The Bertz CT molecular complexity index is 565. The highest BCUT2D eigenvalue weighted by Gasteiger charge is 2.28. The van der Waals surface area contributed by atoms with Crippen molar-refractivity contribution >= 4 is 15.7 Å². The minimum Gasteiger partial charge on any atom is -0.484 e. The number of hydrogen-bond donors (Lipinski definition) is 1. The molecule has 0 saturated carbocycles. The highest BCUT2D eigenvalue weighted by molar-refractivity contribution is 7.91. The lowest BCUT2D eigenvalue weighted by Gasteiger charge is -2.11. The Morgan fingerprint density at radius 1 is 1.35 bits per heavy atom. The van der Waals surface area contributed by atoms with Crippen molar-refractivity contribution in [2.45, 2.75) is 25.8 Å². The van der Waals surface area contributed by atoms with E-state index in [1.165, 1.54) is 5.56 Å². The first-order chi connectivity index (χ1) is 9.48. The number of hydrogen-bond acceptors (Lipinski definition) is 4. The molecule has 0 aliphatic carbocycles. The van der Waals surface area contributed by atoms with Crippen LogP contribution in [-0.2, 0) is 21.1 Å². The third-order valence-corrected chi connectivity index (χ3v) is 5.07. The highest BCUT2D eigenvalue weighted by atomic mass is 32.2. The SMILES string of the molecule is CCc1ccc(OCC(=O)NC2CCS(=O)(=O)C2)cc1. The largest absolute Gasteiger partial charge is 0.484 e. The molecule has 6 heteroatoms. The Morgan fingerprint density at radius 2 is 2.05 bits per heavy atom. The monoisotopic (exact) mass is 297 g/mol. The van der Waals surface area contributed by atoms with E-state index in [0.29, 0.717) is 12.2 Å². The smallest absolute Gasteiger partial charge is 0.258 e. The summed E-state index contributed by atoms with van der Waals surface area (Å²) < 4.78 is 27.9. The number of benzene rings is 1. The fourth-order valence-corrected chi connectivity index (χ4v) is 3.82. The van der Waals surface area contributed by atoms with Crippen molar-refractivity contribution in [2.24, 2.45) is 0 Å². The van der Waals surface area contributed by atoms with E-state index in [0.717, 1.165) is 6.42 Å². The molecule has 1 aromatic rings. The van der Waals surface area contributed by atoms with Crippen LogP contribution in [0.5, 0.6) is 5.75 Å². The molecule has 1 N–H and O–H groups in total. The zero-order valence-corrected chi connectivity index (χ0v) is 12.3. The maximum Gasteiger partial charge on any atom is 0.258 e.